The van der Waals surface area contributed by atoms with Gasteiger partial charge in [-0.15, -0.1) is 0 Å². The summed E-state index contributed by atoms with van der Waals surface area (Å²) in [6.45, 7) is 2.20. The maximum absolute atomic E-state index is 11.1. The average Bonchev–Trinajstić information content (AvgIpc) is 2.26. The number of benzene rings is 1. The second kappa shape index (κ2) is 5.13. The largest absolute Gasteiger partial charge is 0.366 e. The van der Waals surface area contributed by atoms with Crippen LogP contribution in [0, 0.1) is 11.3 Å². The third kappa shape index (κ3) is 2.55. The van der Waals surface area contributed by atoms with Gasteiger partial charge in [0.2, 0.25) is 5.91 Å². The minimum atomic E-state index is -0.737. The summed E-state index contributed by atoms with van der Waals surface area (Å²) in [6, 6.07) is 8.68. The van der Waals surface area contributed by atoms with Gasteiger partial charge in [-0.2, -0.15) is 5.26 Å². The summed E-state index contributed by atoms with van der Waals surface area (Å²) in [7, 11) is 0. The first-order valence-corrected chi connectivity index (χ1v) is 4.60. The van der Waals surface area contributed by atoms with Crippen LogP contribution in [0.3, 0.4) is 0 Å². The highest BCUT2D eigenvalue weighted by Gasteiger charge is 2.16. The monoisotopic (exact) mass is 204 g/mol. The molecule has 4 heteroatoms. The van der Waals surface area contributed by atoms with Crippen LogP contribution >= 0.6 is 0 Å². The number of hydrogen-bond acceptors (Lipinski definition) is 3. The van der Waals surface area contributed by atoms with Crippen LogP contribution in [0.15, 0.2) is 24.3 Å². The maximum Gasteiger partial charge on any atom is 0.249 e. The summed E-state index contributed by atoms with van der Waals surface area (Å²) in [5, 5.41) is 8.89. The molecule has 1 aromatic carbocycles. The Kier molecular flexibility index (Phi) is 3.83. The van der Waals surface area contributed by atoms with Gasteiger partial charge in [-0.25, -0.2) is 0 Å². The first-order chi connectivity index (χ1) is 7.20. The van der Waals surface area contributed by atoms with E-state index in [1.54, 1.807) is 31.2 Å². The minimum absolute atomic E-state index is 0.331. The number of amides is 1. The van der Waals surface area contributed by atoms with Gasteiger partial charge < -0.3 is 10.5 Å². The van der Waals surface area contributed by atoms with Crippen LogP contribution < -0.4 is 5.73 Å². The molecule has 0 saturated heterocycles. The van der Waals surface area contributed by atoms with Crippen molar-refractivity contribution >= 4 is 5.91 Å². The number of nitrogens with two attached hydrogens (primary N) is 1. The Hall–Kier alpha value is -1.86. The molecule has 0 radical (unpaired) electrons. The van der Waals surface area contributed by atoms with Crippen LogP contribution in [-0.4, -0.2) is 12.5 Å². The van der Waals surface area contributed by atoms with Crippen molar-refractivity contribution in [3.05, 3.63) is 35.4 Å². The van der Waals surface area contributed by atoms with Crippen molar-refractivity contribution in [1.82, 2.24) is 0 Å². The van der Waals surface area contributed by atoms with Gasteiger partial charge in [0.1, 0.15) is 0 Å². The van der Waals surface area contributed by atoms with Gasteiger partial charge in [-0.05, 0) is 13.0 Å². The number of primary amides is 1. The van der Waals surface area contributed by atoms with Crippen molar-refractivity contribution in [3.63, 3.8) is 0 Å². The van der Waals surface area contributed by atoms with Crippen LogP contribution in [0.1, 0.15) is 28.9 Å². The molecule has 1 amide bonds. The molecule has 15 heavy (non-hydrogen) atoms. The molecule has 0 heterocycles. The molecular weight excluding hydrogens is 192 g/mol. The van der Waals surface area contributed by atoms with E-state index in [0.717, 1.165) is 0 Å². The van der Waals surface area contributed by atoms with Gasteiger partial charge in [-0.3, -0.25) is 4.79 Å². The average molecular weight is 204 g/mol. The number of rotatable bonds is 4. The third-order valence-corrected chi connectivity index (χ3v) is 1.96. The molecule has 1 rings (SSSR count). The van der Waals surface area contributed by atoms with Gasteiger partial charge in [0.15, 0.2) is 6.10 Å². The molecule has 1 unspecified atom stereocenters. The molecule has 0 aliphatic heterocycles. The highest BCUT2D eigenvalue weighted by atomic mass is 16.5. The normalized spacial score (nSPS) is 11.7. The molecule has 0 saturated carbocycles. The van der Waals surface area contributed by atoms with E-state index in [2.05, 4.69) is 0 Å². The van der Waals surface area contributed by atoms with Gasteiger partial charge in [0, 0.05) is 17.7 Å². The first-order valence-electron chi connectivity index (χ1n) is 4.60. The van der Waals surface area contributed by atoms with Gasteiger partial charge in [0.25, 0.3) is 0 Å². The van der Waals surface area contributed by atoms with Crippen LogP contribution in [0.2, 0.25) is 0 Å². The van der Waals surface area contributed by atoms with E-state index in [1.807, 2.05) is 6.07 Å². The number of carbonyl (C=O) groups excluding carboxylic acids is 1. The SMILES string of the molecule is CCOC(C#N)c1ccccc1C(N)=O. The van der Waals surface area contributed by atoms with E-state index in [4.69, 9.17) is 15.7 Å². The molecule has 2 N–H and O–H groups in total. The first kappa shape index (κ1) is 11.2. The lowest BCUT2D eigenvalue weighted by Gasteiger charge is -2.12. The number of nitrogens with zero attached hydrogens (tertiary/aromatic N) is 1. The lowest BCUT2D eigenvalue weighted by Crippen LogP contribution is -2.16. The quantitative estimate of drug-likeness (QED) is 0.805. The molecule has 0 fully saturated rings. The van der Waals surface area contributed by atoms with Crippen molar-refractivity contribution in [2.75, 3.05) is 6.61 Å². The van der Waals surface area contributed by atoms with E-state index >= 15 is 0 Å². The zero-order valence-electron chi connectivity index (χ0n) is 8.43. The Morgan fingerprint density at radius 3 is 2.80 bits per heavy atom. The van der Waals surface area contributed by atoms with Crippen molar-refractivity contribution in [2.45, 2.75) is 13.0 Å². The molecule has 4 nitrogen and oxygen atoms in total. The molecule has 1 aromatic rings. The lowest BCUT2D eigenvalue weighted by molar-refractivity contribution is 0.0944. The molecular formula is C11H12N2O2. The highest BCUT2D eigenvalue weighted by Crippen LogP contribution is 2.20. The third-order valence-electron chi connectivity index (χ3n) is 1.96. The van der Waals surface area contributed by atoms with Gasteiger partial charge in [-0.1, -0.05) is 18.2 Å². The van der Waals surface area contributed by atoms with E-state index in [9.17, 15) is 4.79 Å². The Labute approximate surface area is 88.3 Å². The molecule has 0 aliphatic rings. The van der Waals surface area contributed by atoms with Gasteiger partial charge >= 0.3 is 0 Å². The van der Waals surface area contributed by atoms with E-state index in [0.29, 0.717) is 17.7 Å². The Balaban J connectivity index is 3.12. The van der Waals surface area contributed by atoms with E-state index in [1.165, 1.54) is 0 Å². The predicted octanol–water partition coefficient (Wildman–Crippen LogP) is 1.39. The molecule has 0 aromatic heterocycles. The fourth-order valence-corrected chi connectivity index (χ4v) is 1.31. The zero-order valence-corrected chi connectivity index (χ0v) is 8.43. The summed E-state index contributed by atoms with van der Waals surface area (Å²) in [5.74, 6) is -0.550. The number of ether oxygens (including phenoxy) is 1. The fraction of sp³-hybridized carbons (Fsp3) is 0.273. The minimum Gasteiger partial charge on any atom is -0.366 e. The summed E-state index contributed by atoms with van der Waals surface area (Å²) in [5.41, 5.74) is 6.05. The molecule has 78 valence electrons. The zero-order chi connectivity index (χ0) is 11.3. The Morgan fingerprint density at radius 2 is 2.27 bits per heavy atom. The van der Waals surface area contributed by atoms with Crippen molar-refractivity contribution in [3.8, 4) is 6.07 Å². The summed E-state index contributed by atoms with van der Waals surface area (Å²) in [6.07, 6.45) is -0.737. The van der Waals surface area contributed by atoms with Crippen molar-refractivity contribution in [2.24, 2.45) is 5.73 Å². The highest BCUT2D eigenvalue weighted by molar-refractivity contribution is 5.94. The van der Waals surface area contributed by atoms with Crippen LogP contribution in [0.5, 0.6) is 0 Å². The molecule has 0 bridgehead atoms. The fourth-order valence-electron chi connectivity index (χ4n) is 1.31. The topological polar surface area (TPSA) is 76.1 Å². The summed E-state index contributed by atoms with van der Waals surface area (Å²) in [4.78, 5) is 11.1. The summed E-state index contributed by atoms with van der Waals surface area (Å²) >= 11 is 0. The standard InChI is InChI=1S/C11H12N2O2/c1-2-15-10(7-12)8-5-3-4-6-9(8)11(13)14/h3-6,10H,2H2,1H3,(H2,13,14). The van der Waals surface area contributed by atoms with Crippen LogP contribution in [0.25, 0.3) is 0 Å². The maximum atomic E-state index is 11.1. The van der Waals surface area contributed by atoms with Crippen LogP contribution in [0.4, 0.5) is 0 Å². The number of nitriles is 1. The smallest absolute Gasteiger partial charge is 0.249 e. The van der Waals surface area contributed by atoms with Crippen LogP contribution in [-0.2, 0) is 4.74 Å². The second-order valence-electron chi connectivity index (χ2n) is 2.92. The van der Waals surface area contributed by atoms with Gasteiger partial charge in [0.05, 0.1) is 6.07 Å². The lowest BCUT2D eigenvalue weighted by atomic mass is 10.0. The predicted molar refractivity (Wildman–Crippen MR) is 54.9 cm³/mol. The Bertz CT molecular complexity index is 396. The second-order valence-corrected chi connectivity index (χ2v) is 2.92. The summed E-state index contributed by atoms with van der Waals surface area (Å²) < 4.78 is 5.20. The van der Waals surface area contributed by atoms with E-state index < -0.39 is 12.0 Å². The molecule has 0 spiro atoms. The number of carbonyl (C=O) groups is 1. The van der Waals surface area contributed by atoms with Crippen molar-refractivity contribution in [1.29, 1.82) is 5.26 Å². The molecule has 1 atom stereocenters. The van der Waals surface area contributed by atoms with Crippen molar-refractivity contribution < 1.29 is 9.53 Å². The van der Waals surface area contributed by atoms with E-state index in [-0.39, 0.29) is 0 Å². The molecule has 0 aliphatic carbocycles. The Morgan fingerprint density at radius 1 is 1.60 bits per heavy atom. The number of hydrogen-bond donors (Lipinski definition) is 1.